The zero-order valence-corrected chi connectivity index (χ0v) is 21.4. The molecule has 11 heteroatoms. The van der Waals surface area contributed by atoms with Gasteiger partial charge >= 0.3 is 0 Å². The number of hydrogen-bond acceptors (Lipinski definition) is 7. The number of amides is 1. The molecule has 0 bridgehead atoms. The van der Waals surface area contributed by atoms with Gasteiger partial charge in [-0.2, -0.15) is 0 Å². The zero-order valence-electron chi connectivity index (χ0n) is 19.8. The molecule has 3 rings (SSSR count). The molecule has 0 saturated heterocycles. The van der Waals surface area contributed by atoms with Crippen molar-refractivity contribution in [3.63, 3.8) is 0 Å². The maximum atomic E-state index is 12.6. The summed E-state index contributed by atoms with van der Waals surface area (Å²) in [6.45, 7) is 0. The van der Waals surface area contributed by atoms with Gasteiger partial charge in [-0.15, -0.1) is 0 Å². The van der Waals surface area contributed by atoms with Crippen molar-refractivity contribution in [3.05, 3.63) is 78.4 Å². The van der Waals surface area contributed by atoms with Crippen molar-refractivity contribution in [2.45, 2.75) is 4.90 Å². The first-order chi connectivity index (χ1) is 17.2. The summed E-state index contributed by atoms with van der Waals surface area (Å²) in [5.41, 5.74) is 1.65. The molecule has 36 heavy (non-hydrogen) atoms. The Bertz CT molecular complexity index is 1360. The van der Waals surface area contributed by atoms with E-state index in [1.165, 1.54) is 32.4 Å². The molecule has 3 aromatic carbocycles. The molecule has 0 aliphatic rings. The molecule has 0 aromatic heterocycles. The van der Waals surface area contributed by atoms with Crippen molar-refractivity contribution in [2.75, 3.05) is 31.4 Å². The average molecular weight is 528 g/mol. The third kappa shape index (κ3) is 7.20. The van der Waals surface area contributed by atoms with Gasteiger partial charge in [0, 0.05) is 17.5 Å². The Morgan fingerprint density at radius 2 is 1.47 bits per heavy atom. The summed E-state index contributed by atoms with van der Waals surface area (Å²) in [4.78, 5) is 12.3. The first kappa shape index (κ1) is 26.5. The fourth-order valence-electron chi connectivity index (χ4n) is 3.03. The quantitative estimate of drug-likeness (QED) is 0.282. The van der Waals surface area contributed by atoms with Gasteiger partial charge in [-0.05, 0) is 84.5 Å². The second-order valence-corrected chi connectivity index (χ2v) is 9.34. The minimum absolute atomic E-state index is 0.0592. The van der Waals surface area contributed by atoms with Crippen LogP contribution < -0.4 is 29.6 Å². The van der Waals surface area contributed by atoms with Crippen molar-refractivity contribution in [2.24, 2.45) is 0 Å². The fraction of sp³-hybridized carbons (Fsp3) is 0.120. The Hall–Kier alpha value is -4.09. The lowest BCUT2D eigenvalue weighted by atomic mass is 10.2. The van der Waals surface area contributed by atoms with Crippen LogP contribution in [-0.4, -0.2) is 40.8 Å². The van der Waals surface area contributed by atoms with Gasteiger partial charge in [-0.1, -0.05) is 6.07 Å². The second-order valence-electron chi connectivity index (χ2n) is 7.25. The van der Waals surface area contributed by atoms with Crippen LogP contribution in [0.1, 0.15) is 5.56 Å². The molecule has 0 heterocycles. The molecule has 0 atom stereocenters. The number of thiocarbonyl (C=S) groups is 1. The van der Waals surface area contributed by atoms with Crippen molar-refractivity contribution < 1.29 is 27.4 Å². The minimum atomic E-state index is -3.79. The third-order valence-corrected chi connectivity index (χ3v) is 6.44. The number of hydrogen-bond donors (Lipinski definition) is 3. The van der Waals surface area contributed by atoms with Crippen LogP contribution in [-0.2, 0) is 14.8 Å². The van der Waals surface area contributed by atoms with E-state index in [-0.39, 0.29) is 10.0 Å². The van der Waals surface area contributed by atoms with Crippen LogP contribution in [0.4, 0.5) is 11.4 Å². The van der Waals surface area contributed by atoms with E-state index in [1.54, 1.807) is 67.8 Å². The molecule has 3 N–H and O–H groups in total. The smallest absolute Gasteiger partial charge is 0.261 e. The number of methoxy groups -OCH3 is 3. The number of sulfonamides is 1. The highest BCUT2D eigenvalue weighted by Crippen LogP contribution is 2.28. The molecule has 9 nitrogen and oxygen atoms in total. The molecule has 0 unspecified atom stereocenters. The van der Waals surface area contributed by atoms with Gasteiger partial charge in [0.2, 0.25) is 5.91 Å². The van der Waals surface area contributed by atoms with Gasteiger partial charge in [0.25, 0.3) is 10.0 Å². The molecule has 0 spiro atoms. The monoisotopic (exact) mass is 527 g/mol. The van der Waals surface area contributed by atoms with Gasteiger partial charge < -0.3 is 19.5 Å². The molecule has 0 aliphatic carbocycles. The highest BCUT2D eigenvalue weighted by atomic mass is 32.2. The van der Waals surface area contributed by atoms with Crippen molar-refractivity contribution >= 4 is 50.7 Å². The summed E-state index contributed by atoms with van der Waals surface area (Å²) in [5, 5.41) is 5.44. The summed E-state index contributed by atoms with van der Waals surface area (Å²) in [6.07, 6.45) is 2.94. The summed E-state index contributed by atoms with van der Waals surface area (Å²) in [5.74, 6) is 1.31. The number of nitrogens with one attached hydrogen (secondary N) is 3. The average Bonchev–Trinajstić information content (AvgIpc) is 2.87. The molecule has 0 fully saturated rings. The zero-order chi connectivity index (χ0) is 26.1. The molecule has 0 radical (unpaired) electrons. The SMILES string of the molecule is COc1ccc(NS(=O)(=O)c2ccc(NC(=S)NC(=O)C=Cc3ccc(OC)c(OC)c3)cc2)cc1. The molecular weight excluding hydrogens is 502 g/mol. The van der Waals surface area contributed by atoms with E-state index < -0.39 is 15.9 Å². The van der Waals surface area contributed by atoms with E-state index in [2.05, 4.69) is 15.4 Å². The lowest BCUT2D eigenvalue weighted by Crippen LogP contribution is -2.32. The number of rotatable bonds is 9. The van der Waals surface area contributed by atoms with Gasteiger partial charge in [0.15, 0.2) is 16.6 Å². The molecule has 1 amide bonds. The van der Waals surface area contributed by atoms with Crippen LogP contribution in [0.25, 0.3) is 6.08 Å². The van der Waals surface area contributed by atoms with E-state index in [4.69, 9.17) is 26.4 Å². The maximum Gasteiger partial charge on any atom is 0.261 e. The summed E-state index contributed by atoms with van der Waals surface area (Å²) in [6, 6.07) is 17.7. The summed E-state index contributed by atoms with van der Waals surface area (Å²) in [7, 11) is 0.815. The standard InChI is InChI=1S/C25H25N3O6S2/c1-32-20-10-6-19(7-11-20)28-36(30,31)21-12-8-18(9-13-21)26-25(35)27-24(29)15-5-17-4-14-22(33-2)23(16-17)34-3/h4-16,28H,1-3H3,(H2,26,27,29,35). The van der Waals surface area contributed by atoms with E-state index in [9.17, 15) is 13.2 Å². The van der Waals surface area contributed by atoms with Crippen LogP contribution in [0.5, 0.6) is 17.2 Å². The number of carbonyl (C=O) groups excluding carboxylic acids is 1. The first-order valence-electron chi connectivity index (χ1n) is 10.5. The van der Waals surface area contributed by atoms with E-state index in [1.807, 2.05) is 0 Å². The van der Waals surface area contributed by atoms with E-state index in [0.717, 1.165) is 5.56 Å². The van der Waals surface area contributed by atoms with Crippen molar-refractivity contribution in [3.8, 4) is 17.2 Å². The largest absolute Gasteiger partial charge is 0.497 e. The topological polar surface area (TPSA) is 115 Å². The predicted molar refractivity (Wildman–Crippen MR) is 143 cm³/mol. The Labute approximate surface area is 215 Å². The molecule has 188 valence electrons. The Morgan fingerprint density at radius 3 is 2.08 bits per heavy atom. The third-order valence-electron chi connectivity index (χ3n) is 4.84. The molecule has 0 aliphatic heterocycles. The van der Waals surface area contributed by atoms with E-state index in [0.29, 0.717) is 28.6 Å². The lowest BCUT2D eigenvalue weighted by Gasteiger charge is -2.11. The van der Waals surface area contributed by atoms with Gasteiger partial charge in [0.1, 0.15) is 5.75 Å². The molecule has 0 saturated carbocycles. The van der Waals surface area contributed by atoms with Gasteiger partial charge in [0.05, 0.1) is 26.2 Å². The maximum absolute atomic E-state index is 12.6. The van der Waals surface area contributed by atoms with Crippen LogP contribution in [0.3, 0.4) is 0 Å². The number of benzene rings is 3. The number of anilines is 2. The van der Waals surface area contributed by atoms with Crippen molar-refractivity contribution in [1.82, 2.24) is 5.32 Å². The van der Waals surface area contributed by atoms with Gasteiger partial charge in [-0.3, -0.25) is 14.8 Å². The minimum Gasteiger partial charge on any atom is -0.497 e. The predicted octanol–water partition coefficient (Wildman–Crippen LogP) is 4.04. The Morgan fingerprint density at radius 1 is 0.833 bits per heavy atom. The number of ether oxygens (including phenoxy) is 3. The normalized spacial score (nSPS) is 11.0. The van der Waals surface area contributed by atoms with Crippen molar-refractivity contribution in [1.29, 1.82) is 0 Å². The first-order valence-corrected chi connectivity index (χ1v) is 12.4. The van der Waals surface area contributed by atoms with Crippen LogP contribution >= 0.6 is 12.2 Å². The lowest BCUT2D eigenvalue weighted by molar-refractivity contribution is -0.115. The number of carbonyl (C=O) groups is 1. The fourth-order valence-corrected chi connectivity index (χ4v) is 4.31. The summed E-state index contributed by atoms with van der Waals surface area (Å²) < 4.78 is 43.3. The van der Waals surface area contributed by atoms with E-state index >= 15 is 0 Å². The van der Waals surface area contributed by atoms with Crippen LogP contribution in [0.2, 0.25) is 0 Å². The van der Waals surface area contributed by atoms with Crippen LogP contribution in [0.15, 0.2) is 77.7 Å². The Kier molecular flexibility index (Phi) is 8.87. The molecule has 3 aromatic rings. The van der Waals surface area contributed by atoms with Gasteiger partial charge in [-0.25, -0.2) is 8.42 Å². The summed E-state index contributed by atoms with van der Waals surface area (Å²) >= 11 is 5.17. The highest BCUT2D eigenvalue weighted by Gasteiger charge is 2.14. The van der Waals surface area contributed by atoms with Crippen LogP contribution in [0, 0.1) is 0 Å². The Balaban J connectivity index is 1.56. The molecular formula is C25H25N3O6S2. The highest BCUT2D eigenvalue weighted by molar-refractivity contribution is 7.92. The second kappa shape index (κ2) is 12.0.